The lowest BCUT2D eigenvalue weighted by Gasteiger charge is -2.12. The summed E-state index contributed by atoms with van der Waals surface area (Å²) >= 11 is 0. The highest BCUT2D eigenvalue weighted by atomic mass is 127. The van der Waals surface area contributed by atoms with Crippen LogP contribution in [0.5, 0.6) is 5.75 Å². The van der Waals surface area contributed by atoms with Gasteiger partial charge in [0, 0.05) is 26.8 Å². The second-order valence-corrected chi connectivity index (χ2v) is 5.67. The van der Waals surface area contributed by atoms with Crippen molar-refractivity contribution in [1.82, 2.24) is 20.4 Å². The molecule has 0 saturated heterocycles. The lowest BCUT2D eigenvalue weighted by atomic mass is 10.2. The molecule has 0 unspecified atom stereocenters. The lowest BCUT2D eigenvalue weighted by Crippen LogP contribution is -2.37. The largest absolute Gasteiger partial charge is 0.494 e. The van der Waals surface area contributed by atoms with E-state index in [-0.39, 0.29) is 24.0 Å². The summed E-state index contributed by atoms with van der Waals surface area (Å²) in [5, 5.41) is 10.7. The van der Waals surface area contributed by atoms with Crippen molar-refractivity contribution in [3.05, 3.63) is 47.8 Å². The maximum atomic E-state index is 5.72. The highest BCUT2D eigenvalue weighted by Gasteiger charge is 2.01. The third-order valence-corrected chi connectivity index (χ3v) is 3.74. The molecule has 25 heavy (non-hydrogen) atoms. The van der Waals surface area contributed by atoms with Gasteiger partial charge in [0.2, 0.25) is 0 Å². The van der Waals surface area contributed by atoms with Gasteiger partial charge in [-0.1, -0.05) is 17.7 Å². The lowest BCUT2D eigenvalue weighted by molar-refractivity contribution is 0.307. The van der Waals surface area contributed by atoms with Crippen LogP contribution in [-0.2, 0) is 13.6 Å². The van der Waals surface area contributed by atoms with Crippen molar-refractivity contribution in [3.63, 3.8) is 0 Å². The Hall–Kier alpha value is -1.77. The van der Waals surface area contributed by atoms with Crippen molar-refractivity contribution in [3.8, 4) is 5.75 Å². The fourth-order valence-electron chi connectivity index (χ4n) is 2.23. The monoisotopic (exact) mass is 457 g/mol. The highest BCUT2D eigenvalue weighted by Crippen LogP contribution is 2.11. The summed E-state index contributed by atoms with van der Waals surface area (Å²) in [7, 11) is 3.71. The zero-order valence-corrected chi connectivity index (χ0v) is 17.5. The molecule has 0 aliphatic carbocycles. The van der Waals surface area contributed by atoms with Gasteiger partial charge >= 0.3 is 0 Å². The van der Waals surface area contributed by atoms with E-state index in [1.165, 1.54) is 5.56 Å². The number of benzene rings is 1. The van der Waals surface area contributed by atoms with Gasteiger partial charge in [0.25, 0.3) is 0 Å². The standard InChI is InChI=1S/C18H27N5O.HI/c1-15-6-8-17(9-7-15)24-13-5-4-11-20-18(19-2)21-14-16-10-12-22-23(16)3;/h6-10,12H,4-5,11,13-14H2,1-3H3,(H2,19,20,21);1H. The van der Waals surface area contributed by atoms with Gasteiger partial charge in [-0.05, 0) is 38.0 Å². The van der Waals surface area contributed by atoms with E-state index in [0.29, 0.717) is 6.54 Å². The number of rotatable bonds is 8. The number of aromatic nitrogens is 2. The predicted molar refractivity (Wildman–Crippen MR) is 113 cm³/mol. The van der Waals surface area contributed by atoms with E-state index < -0.39 is 0 Å². The molecule has 0 bridgehead atoms. The first kappa shape index (κ1) is 21.3. The Bertz CT molecular complexity index is 639. The number of halogens is 1. The molecule has 0 amide bonds. The normalized spacial score (nSPS) is 10.9. The zero-order valence-electron chi connectivity index (χ0n) is 15.2. The maximum absolute atomic E-state index is 5.72. The Morgan fingerprint density at radius 2 is 1.92 bits per heavy atom. The van der Waals surface area contributed by atoms with Gasteiger partial charge in [-0.25, -0.2) is 0 Å². The van der Waals surface area contributed by atoms with Crippen molar-refractivity contribution < 1.29 is 4.74 Å². The predicted octanol–water partition coefficient (Wildman–Crippen LogP) is 2.87. The van der Waals surface area contributed by atoms with Gasteiger partial charge in [-0.2, -0.15) is 5.10 Å². The van der Waals surface area contributed by atoms with Gasteiger partial charge in [0.1, 0.15) is 5.75 Å². The van der Waals surface area contributed by atoms with E-state index in [9.17, 15) is 0 Å². The number of hydrogen-bond acceptors (Lipinski definition) is 3. The van der Waals surface area contributed by atoms with E-state index in [1.54, 1.807) is 13.2 Å². The minimum absolute atomic E-state index is 0. The Morgan fingerprint density at radius 1 is 1.16 bits per heavy atom. The summed E-state index contributed by atoms with van der Waals surface area (Å²) in [5.41, 5.74) is 2.36. The van der Waals surface area contributed by atoms with Gasteiger partial charge in [-0.3, -0.25) is 9.67 Å². The number of nitrogens with one attached hydrogen (secondary N) is 2. The van der Waals surface area contributed by atoms with Crippen molar-refractivity contribution in [2.75, 3.05) is 20.2 Å². The van der Waals surface area contributed by atoms with Crippen molar-refractivity contribution in [2.24, 2.45) is 12.0 Å². The molecule has 7 heteroatoms. The third-order valence-electron chi connectivity index (χ3n) is 3.74. The molecule has 1 aromatic heterocycles. The van der Waals surface area contributed by atoms with Crippen LogP contribution in [-0.4, -0.2) is 35.9 Å². The van der Waals surface area contributed by atoms with Gasteiger partial charge in [-0.15, -0.1) is 24.0 Å². The van der Waals surface area contributed by atoms with Crippen LogP contribution in [0.4, 0.5) is 0 Å². The quantitative estimate of drug-likeness (QED) is 0.277. The molecule has 2 N–H and O–H groups in total. The minimum Gasteiger partial charge on any atom is -0.494 e. The summed E-state index contributed by atoms with van der Waals surface area (Å²) in [6.07, 6.45) is 3.82. The summed E-state index contributed by atoms with van der Waals surface area (Å²) in [6.45, 7) is 4.37. The van der Waals surface area contributed by atoms with E-state index in [4.69, 9.17) is 4.74 Å². The number of nitrogens with zero attached hydrogens (tertiary/aromatic N) is 3. The molecule has 0 atom stereocenters. The Labute approximate surface area is 167 Å². The molecule has 138 valence electrons. The van der Waals surface area contributed by atoms with E-state index in [0.717, 1.165) is 43.4 Å². The van der Waals surface area contributed by atoms with Crippen LogP contribution in [0.25, 0.3) is 0 Å². The summed E-state index contributed by atoms with van der Waals surface area (Å²) in [4.78, 5) is 4.22. The molecule has 0 fully saturated rings. The van der Waals surface area contributed by atoms with Crippen LogP contribution in [0, 0.1) is 6.92 Å². The molecule has 1 heterocycles. The summed E-state index contributed by atoms with van der Waals surface area (Å²) < 4.78 is 7.57. The van der Waals surface area contributed by atoms with Crippen molar-refractivity contribution >= 4 is 29.9 Å². The molecular formula is C18H28IN5O. The second-order valence-electron chi connectivity index (χ2n) is 5.67. The Kier molecular flexibility index (Phi) is 9.98. The number of unbranched alkanes of at least 4 members (excludes halogenated alkanes) is 1. The van der Waals surface area contributed by atoms with Crippen LogP contribution in [0.15, 0.2) is 41.5 Å². The number of hydrogen-bond donors (Lipinski definition) is 2. The molecule has 0 saturated carbocycles. The summed E-state index contributed by atoms with van der Waals surface area (Å²) in [6, 6.07) is 10.1. The molecule has 0 spiro atoms. The van der Waals surface area contributed by atoms with E-state index in [2.05, 4.69) is 39.8 Å². The fourth-order valence-corrected chi connectivity index (χ4v) is 2.23. The number of ether oxygens (including phenoxy) is 1. The van der Waals surface area contributed by atoms with Gasteiger partial charge in [0.05, 0.1) is 18.8 Å². The average Bonchev–Trinajstić information content (AvgIpc) is 3.00. The van der Waals surface area contributed by atoms with E-state index >= 15 is 0 Å². The van der Waals surface area contributed by atoms with E-state index in [1.807, 2.05) is 29.9 Å². The van der Waals surface area contributed by atoms with Crippen molar-refractivity contribution in [1.29, 1.82) is 0 Å². The molecule has 1 aromatic carbocycles. The third kappa shape index (κ3) is 7.76. The first-order valence-corrected chi connectivity index (χ1v) is 8.30. The SMILES string of the molecule is CN=C(NCCCCOc1ccc(C)cc1)NCc1ccnn1C.I. The number of aryl methyl sites for hydroxylation is 2. The molecule has 6 nitrogen and oxygen atoms in total. The average molecular weight is 457 g/mol. The Balaban J connectivity index is 0.00000312. The number of aliphatic imine (C=N–C) groups is 1. The highest BCUT2D eigenvalue weighted by molar-refractivity contribution is 14.0. The van der Waals surface area contributed by atoms with Gasteiger partial charge < -0.3 is 15.4 Å². The summed E-state index contributed by atoms with van der Waals surface area (Å²) in [5.74, 6) is 1.73. The van der Waals surface area contributed by atoms with Crippen molar-refractivity contribution in [2.45, 2.75) is 26.3 Å². The molecule has 0 radical (unpaired) electrons. The maximum Gasteiger partial charge on any atom is 0.191 e. The molecule has 2 aromatic rings. The smallest absolute Gasteiger partial charge is 0.191 e. The van der Waals surface area contributed by atoms with Crippen LogP contribution < -0.4 is 15.4 Å². The topological polar surface area (TPSA) is 63.5 Å². The number of guanidine groups is 1. The fraction of sp³-hybridized carbons (Fsp3) is 0.444. The molecule has 0 aliphatic rings. The second kappa shape index (κ2) is 11.7. The molecular weight excluding hydrogens is 429 g/mol. The molecule has 2 rings (SSSR count). The van der Waals surface area contributed by atoms with Gasteiger partial charge in [0.15, 0.2) is 5.96 Å². The van der Waals surface area contributed by atoms with Crippen LogP contribution >= 0.6 is 24.0 Å². The Morgan fingerprint density at radius 3 is 2.56 bits per heavy atom. The zero-order chi connectivity index (χ0) is 17.2. The minimum atomic E-state index is 0. The van der Waals surface area contributed by atoms with Crippen LogP contribution in [0.1, 0.15) is 24.1 Å². The van der Waals surface area contributed by atoms with Crippen LogP contribution in [0.3, 0.4) is 0 Å². The molecule has 0 aliphatic heterocycles. The first-order chi connectivity index (χ1) is 11.7. The van der Waals surface area contributed by atoms with Crippen LogP contribution in [0.2, 0.25) is 0 Å². The first-order valence-electron chi connectivity index (χ1n) is 8.30.